The van der Waals surface area contributed by atoms with E-state index in [1.54, 1.807) is 11.9 Å². The number of hydrogen-bond donors (Lipinski definition) is 0. The molecule has 0 heterocycles. The van der Waals surface area contributed by atoms with Gasteiger partial charge in [-0.25, -0.2) is 0 Å². The number of benzene rings is 1. The van der Waals surface area contributed by atoms with E-state index in [2.05, 4.69) is 0 Å². The van der Waals surface area contributed by atoms with E-state index in [0.717, 1.165) is 5.69 Å². The van der Waals surface area contributed by atoms with Crippen LogP contribution in [0.15, 0.2) is 30.3 Å². The fourth-order valence-electron chi connectivity index (χ4n) is 1.13. The maximum Gasteiger partial charge on any atom is 0.252 e. The van der Waals surface area contributed by atoms with E-state index in [0.29, 0.717) is 0 Å². The van der Waals surface area contributed by atoms with Crippen molar-refractivity contribution >= 4 is 11.6 Å². The number of likely N-dealkylation sites (N-methyl/N-ethyl adjacent to an activating group) is 1. The number of nitrogens with zero attached hydrogens (tertiary/aromatic N) is 1. The van der Waals surface area contributed by atoms with E-state index in [1.807, 2.05) is 44.2 Å². The van der Waals surface area contributed by atoms with E-state index in [4.69, 9.17) is 4.74 Å². The summed E-state index contributed by atoms with van der Waals surface area (Å²) in [5.41, 5.74) is 0.884. The first-order valence-corrected chi connectivity index (χ1v) is 5.04. The molecule has 0 radical (unpaired) electrons. The molecule has 1 rings (SSSR count). The van der Waals surface area contributed by atoms with Crippen molar-refractivity contribution in [3.8, 4) is 0 Å². The van der Waals surface area contributed by atoms with E-state index in [1.165, 1.54) is 0 Å². The zero-order chi connectivity index (χ0) is 11.3. The largest absolute Gasteiger partial charge is 0.369 e. The summed E-state index contributed by atoms with van der Waals surface area (Å²) in [4.78, 5) is 13.2. The van der Waals surface area contributed by atoms with Crippen molar-refractivity contribution in [3.63, 3.8) is 0 Å². The van der Waals surface area contributed by atoms with E-state index in [9.17, 15) is 4.79 Å². The van der Waals surface area contributed by atoms with Gasteiger partial charge in [-0.1, -0.05) is 18.2 Å². The average Bonchev–Trinajstić information content (AvgIpc) is 2.26. The number of carbonyl (C=O) groups excluding carboxylic acids is 1. The van der Waals surface area contributed by atoms with Crippen LogP contribution < -0.4 is 4.90 Å². The lowest BCUT2D eigenvalue weighted by Crippen LogP contribution is -2.31. The Bertz CT molecular complexity index is 309. The van der Waals surface area contributed by atoms with E-state index < -0.39 is 0 Å². The van der Waals surface area contributed by atoms with Crippen molar-refractivity contribution in [2.75, 3.05) is 18.6 Å². The molecule has 0 bridgehead atoms. The van der Waals surface area contributed by atoms with Crippen molar-refractivity contribution in [2.45, 2.75) is 20.0 Å². The molecule has 0 atom stereocenters. The molecule has 1 aromatic carbocycles. The molecule has 0 spiro atoms. The molecule has 1 aromatic rings. The van der Waals surface area contributed by atoms with Crippen LogP contribution in [0, 0.1) is 0 Å². The Kier molecular flexibility index (Phi) is 4.31. The summed E-state index contributed by atoms with van der Waals surface area (Å²) in [5.74, 6) is -0.0325. The number of rotatable bonds is 4. The molecule has 0 fully saturated rings. The minimum atomic E-state index is -0.0325. The topological polar surface area (TPSA) is 29.5 Å². The Morgan fingerprint density at radius 1 is 1.33 bits per heavy atom. The summed E-state index contributed by atoms with van der Waals surface area (Å²) in [6.07, 6.45) is 0.0816. The minimum absolute atomic E-state index is 0.0325. The summed E-state index contributed by atoms with van der Waals surface area (Å²) in [6, 6.07) is 9.53. The summed E-state index contributed by atoms with van der Waals surface area (Å²) < 4.78 is 5.26. The summed E-state index contributed by atoms with van der Waals surface area (Å²) in [5, 5.41) is 0. The van der Waals surface area contributed by atoms with Crippen molar-refractivity contribution in [2.24, 2.45) is 0 Å². The third-order valence-electron chi connectivity index (χ3n) is 2.06. The lowest BCUT2D eigenvalue weighted by atomic mass is 10.3. The van der Waals surface area contributed by atoms with Crippen molar-refractivity contribution in [1.29, 1.82) is 0 Å². The Morgan fingerprint density at radius 3 is 2.47 bits per heavy atom. The number of ether oxygens (including phenoxy) is 1. The Morgan fingerprint density at radius 2 is 1.93 bits per heavy atom. The second-order valence-corrected chi connectivity index (χ2v) is 3.65. The van der Waals surface area contributed by atoms with E-state index in [-0.39, 0.29) is 18.6 Å². The summed E-state index contributed by atoms with van der Waals surface area (Å²) >= 11 is 0. The van der Waals surface area contributed by atoms with Crippen molar-refractivity contribution < 1.29 is 9.53 Å². The molecule has 15 heavy (non-hydrogen) atoms. The quantitative estimate of drug-likeness (QED) is 0.756. The summed E-state index contributed by atoms with van der Waals surface area (Å²) in [6.45, 7) is 3.95. The van der Waals surface area contributed by atoms with Gasteiger partial charge in [-0.3, -0.25) is 4.79 Å². The van der Waals surface area contributed by atoms with E-state index >= 15 is 0 Å². The van der Waals surface area contributed by atoms with Gasteiger partial charge in [0.15, 0.2) is 0 Å². The van der Waals surface area contributed by atoms with Gasteiger partial charge in [0.2, 0.25) is 0 Å². The van der Waals surface area contributed by atoms with Gasteiger partial charge in [0.05, 0.1) is 6.10 Å². The van der Waals surface area contributed by atoms with Crippen molar-refractivity contribution in [3.05, 3.63) is 30.3 Å². The maximum absolute atomic E-state index is 11.6. The number of amides is 1. The highest BCUT2D eigenvalue weighted by molar-refractivity contribution is 5.93. The Labute approximate surface area is 90.7 Å². The number of para-hydroxylation sites is 1. The predicted molar refractivity (Wildman–Crippen MR) is 60.9 cm³/mol. The van der Waals surface area contributed by atoms with Crippen LogP contribution >= 0.6 is 0 Å². The molecule has 0 aliphatic rings. The molecule has 0 saturated carbocycles. The Balaban J connectivity index is 2.54. The van der Waals surface area contributed by atoms with Gasteiger partial charge in [0.1, 0.15) is 6.61 Å². The first kappa shape index (κ1) is 11.7. The van der Waals surface area contributed by atoms with Crippen LogP contribution in [0.5, 0.6) is 0 Å². The molecular formula is C12H17NO2. The average molecular weight is 207 g/mol. The smallest absolute Gasteiger partial charge is 0.252 e. The molecule has 0 aliphatic heterocycles. The monoisotopic (exact) mass is 207 g/mol. The van der Waals surface area contributed by atoms with Crippen LogP contribution in [-0.4, -0.2) is 25.7 Å². The molecule has 0 N–H and O–H groups in total. The number of hydrogen-bond acceptors (Lipinski definition) is 2. The number of carbonyl (C=O) groups is 1. The van der Waals surface area contributed by atoms with Crippen LogP contribution in [0.4, 0.5) is 5.69 Å². The first-order valence-electron chi connectivity index (χ1n) is 5.04. The van der Waals surface area contributed by atoms with Crippen LogP contribution in [0.25, 0.3) is 0 Å². The third kappa shape index (κ3) is 3.72. The predicted octanol–water partition coefficient (Wildman–Crippen LogP) is 2.07. The van der Waals surface area contributed by atoms with Crippen molar-refractivity contribution in [1.82, 2.24) is 0 Å². The lowest BCUT2D eigenvalue weighted by Gasteiger charge is -2.17. The zero-order valence-corrected chi connectivity index (χ0v) is 9.43. The van der Waals surface area contributed by atoms with Crippen LogP contribution in [0.1, 0.15) is 13.8 Å². The normalized spacial score (nSPS) is 10.4. The third-order valence-corrected chi connectivity index (χ3v) is 2.06. The zero-order valence-electron chi connectivity index (χ0n) is 9.43. The molecule has 1 amide bonds. The molecule has 3 heteroatoms. The second kappa shape index (κ2) is 5.51. The number of anilines is 1. The van der Waals surface area contributed by atoms with Crippen LogP contribution in [0.2, 0.25) is 0 Å². The van der Waals surface area contributed by atoms with Gasteiger partial charge in [-0.05, 0) is 26.0 Å². The van der Waals surface area contributed by atoms with Gasteiger partial charge in [0, 0.05) is 12.7 Å². The highest BCUT2D eigenvalue weighted by atomic mass is 16.5. The molecule has 0 aliphatic carbocycles. The van der Waals surface area contributed by atoms with Gasteiger partial charge in [-0.15, -0.1) is 0 Å². The fourth-order valence-corrected chi connectivity index (χ4v) is 1.13. The lowest BCUT2D eigenvalue weighted by molar-refractivity contribution is -0.124. The standard InChI is InChI=1S/C12H17NO2/c1-10(2)15-9-12(14)13(3)11-7-5-4-6-8-11/h4-8,10H,9H2,1-3H3. The van der Waals surface area contributed by atoms with Crippen LogP contribution in [0.3, 0.4) is 0 Å². The first-order chi connectivity index (χ1) is 7.11. The second-order valence-electron chi connectivity index (χ2n) is 3.65. The van der Waals surface area contributed by atoms with Gasteiger partial charge in [0.25, 0.3) is 5.91 Å². The highest BCUT2D eigenvalue weighted by Gasteiger charge is 2.10. The van der Waals surface area contributed by atoms with Gasteiger partial charge in [-0.2, -0.15) is 0 Å². The van der Waals surface area contributed by atoms with Gasteiger partial charge < -0.3 is 9.64 Å². The SMILES string of the molecule is CC(C)OCC(=O)N(C)c1ccccc1. The van der Waals surface area contributed by atoms with Crippen LogP contribution in [-0.2, 0) is 9.53 Å². The Hall–Kier alpha value is -1.35. The maximum atomic E-state index is 11.6. The fraction of sp³-hybridized carbons (Fsp3) is 0.417. The minimum Gasteiger partial charge on any atom is -0.369 e. The molecule has 0 aromatic heterocycles. The molecular weight excluding hydrogens is 190 g/mol. The highest BCUT2D eigenvalue weighted by Crippen LogP contribution is 2.11. The molecule has 82 valence electrons. The summed E-state index contributed by atoms with van der Waals surface area (Å²) in [7, 11) is 1.75. The van der Waals surface area contributed by atoms with Gasteiger partial charge >= 0.3 is 0 Å². The molecule has 0 saturated heterocycles. The molecule has 0 unspecified atom stereocenters. The molecule has 3 nitrogen and oxygen atoms in total.